The number of rotatable bonds is 1. The van der Waals surface area contributed by atoms with Crippen molar-refractivity contribution in [3.05, 3.63) is 8.74 Å². The lowest BCUT2D eigenvalue weighted by atomic mass is 10.4. The average molecular weight is 321 g/mol. The maximum absolute atomic E-state index is 10.5. The van der Waals surface area contributed by atoms with Gasteiger partial charge in [0.05, 0.1) is 3.58 Å². The van der Waals surface area contributed by atoms with E-state index in [-0.39, 0.29) is 5.16 Å². The molecule has 66 valence electrons. The summed E-state index contributed by atoms with van der Waals surface area (Å²) in [6, 6.07) is 0. The fourth-order valence-corrected chi connectivity index (χ4v) is 1.20. The van der Waals surface area contributed by atoms with Gasteiger partial charge in [-0.05, 0) is 22.6 Å². The van der Waals surface area contributed by atoms with Crippen LogP contribution in [0, 0.1) is 0 Å². The summed E-state index contributed by atoms with van der Waals surface area (Å²) in [5.41, 5.74) is 0. The van der Waals surface area contributed by atoms with Crippen molar-refractivity contribution in [2.75, 3.05) is 0 Å². The molecule has 1 aliphatic heterocycles. The van der Waals surface area contributed by atoms with Crippen molar-refractivity contribution in [3.63, 3.8) is 0 Å². The van der Waals surface area contributed by atoms with Gasteiger partial charge < -0.3 is 10.4 Å². The molecule has 0 spiro atoms. The van der Waals surface area contributed by atoms with Crippen molar-refractivity contribution in [1.82, 2.24) is 5.32 Å². The van der Waals surface area contributed by atoms with Gasteiger partial charge in [0.2, 0.25) is 0 Å². The molecule has 0 saturated carbocycles. The Morgan fingerprint density at radius 1 is 1.83 bits per heavy atom. The van der Waals surface area contributed by atoms with Crippen LogP contribution in [0.4, 0.5) is 0 Å². The van der Waals surface area contributed by atoms with Gasteiger partial charge in [-0.25, -0.2) is 9.79 Å². The third-order valence-corrected chi connectivity index (χ3v) is 2.91. The van der Waals surface area contributed by atoms with Crippen LogP contribution >= 0.6 is 45.8 Å². The summed E-state index contributed by atoms with van der Waals surface area (Å²) in [6.45, 7) is 0. The Hall–Kier alpha value is -0.0100. The van der Waals surface area contributed by atoms with E-state index in [2.05, 4.69) is 10.3 Å². The lowest BCUT2D eigenvalue weighted by Crippen LogP contribution is -2.46. The number of allylic oxidation sites excluding steroid dienone is 1. The number of aliphatic carboxylic acids is 1. The van der Waals surface area contributed by atoms with Crippen LogP contribution in [-0.4, -0.2) is 22.4 Å². The standard InChI is InChI=1S/C5H3Cl2IN2O2/c6-3-2(8)1-9-5(7,10-3)4(11)12/h1,10H,(H,11,12). The largest absolute Gasteiger partial charge is 0.477 e. The molecule has 7 heteroatoms. The van der Waals surface area contributed by atoms with Gasteiger partial charge in [-0.2, -0.15) is 0 Å². The highest BCUT2D eigenvalue weighted by Crippen LogP contribution is 2.25. The van der Waals surface area contributed by atoms with E-state index >= 15 is 0 Å². The van der Waals surface area contributed by atoms with E-state index in [0.29, 0.717) is 3.58 Å². The zero-order valence-corrected chi connectivity index (χ0v) is 9.18. The average Bonchev–Trinajstić information content (AvgIpc) is 1.97. The third kappa shape index (κ3) is 1.83. The zero-order valence-electron chi connectivity index (χ0n) is 5.51. The van der Waals surface area contributed by atoms with Crippen LogP contribution < -0.4 is 5.32 Å². The molecule has 1 heterocycles. The quantitative estimate of drug-likeness (QED) is 0.437. The SMILES string of the molecule is O=C(O)C1(Cl)N=CC(I)=C(Cl)N1. The number of nitrogens with zero attached hydrogens (tertiary/aromatic N) is 1. The molecule has 0 aromatic carbocycles. The van der Waals surface area contributed by atoms with E-state index in [1.54, 1.807) is 0 Å². The highest BCUT2D eigenvalue weighted by molar-refractivity contribution is 14.1. The molecular weight excluding hydrogens is 318 g/mol. The first kappa shape index (κ1) is 10.1. The number of carbonyl (C=O) groups is 1. The molecule has 12 heavy (non-hydrogen) atoms. The van der Waals surface area contributed by atoms with Crippen LogP contribution in [0.3, 0.4) is 0 Å². The Balaban J connectivity index is 2.94. The number of carboxylic acid groups (broad SMARTS) is 1. The molecule has 0 aromatic rings. The first-order valence-electron chi connectivity index (χ1n) is 2.77. The maximum Gasteiger partial charge on any atom is 0.369 e. The second-order valence-corrected chi connectivity index (χ2v) is 4.06. The van der Waals surface area contributed by atoms with Crippen LogP contribution in [-0.2, 0) is 4.79 Å². The molecule has 1 atom stereocenters. The van der Waals surface area contributed by atoms with Crippen LogP contribution in [0.1, 0.15) is 0 Å². The van der Waals surface area contributed by atoms with Crippen molar-refractivity contribution in [2.24, 2.45) is 4.99 Å². The monoisotopic (exact) mass is 320 g/mol. The van der Waals surface area contributed by atoms with Crippen LogP contribution in [0.5, 0.6) is 0 Å². The highest BCUT2D eigenvalue weighted by Gasteiger charge is 2.38. The topological polar surface area (TPSA) is 61.7 Å². The predicted molar refractivity (Wildman–Crippen MR) is 54.7 cm³/mol. The summed E-state index contributed by atoms with van der Waals surface area (Å²) < 4.78 is 0.617. The number of halogens is 3. The van der Waals surface area contributed by atoms with Gasteiger partial charge >= 0.3 is 11.1 Å². The molecule has 0 fully saturated rings. The Morgan fingerprint density at radius 3 is 2.83 bits per heavy atom. The van der Waals surface area contributed by atoms with Crippen molar-refractivity contribution in [2.45, 2.75) is 5.12 Å². The first-order chi connectivity index (χ1) is 5.46. The Bertz CT molecular complexity index is 291. The Morgan fingerprint density at radius 2 is 2.42 bits per heavy atom. The molecule has 0 amide bonds. The molecular formula is C5H3Cl2IN2O2. The van der Waals surface area contributed by atoms with Crippen molar-refractivity contribution in [1.29, 1.82) is 0 Å². The van der Waals surface area contributed by atoms with E-state index in [4.69, 9.17) is 28.3 Å². The summed E-state index contributed by atoms with van der Waals surface area (Å²) in [5.74, 6) is -1.29. The summed E-state index contributed by atoms with van der Waals surface area (Å²) >= 11 is 13.1. The molecule has 0 bridgehead atoms. The molecule has 0 radical (unpaired) electrons. The number of carboxylic acids is 1. The van der Waals surface area contributed by atoms with Gasteiger partial charge in [0.15, 0.2) is 0 Å². The number of hydrogen-bond donors (Lipinski definition) is 2. The van der Waals surface area contributed by atoms with Gasteiger partial charge in [-0.3, -0.25) is 0 Å². The molecule has 1 unspecified atom stereocenters. The fourth-order valence-electron chi connectivity index (χ4n) is 0.548. The van der Waals surface area contributed by atoms with Crippen molar-refractivity contribution in [3.8, 4) is 0 Å². The van der Waals surface area contributed by atoms with Crippen LogP contribution in [0.15, 0.2) is 13.7 Å². The summed E-state index contributed by atoms with van der Waals surface area (Å²) in [4.78, 5) is 14.1. The summed E-state index contributed by atoms with van der Waals surface area (Å²) in [7, 11) is 0. The normalized spacial score (nSPS) is 28.6. The smallest absolute Gasteiger partial charge is 0.369 e. The molecule has 0 saturated heterocycles. The van der Waals surface area contributed by atoms with Crippen LogP contribution in [0.2, 0.25) is 0 Å². The van der Waals surface area contributed by atoms with Gasteiger partial charge in [0, 0.05) is 6.21 Å². The predicted octanol–water partition coefficient (Wildman–Crippen LogP) is 1.48. The number of hydrogen-bond acceptors (Lipinski definition) is 3. The van der Waals surface area contributed by atoms with Crippen LogP contribution in [0.25, 0.3) is 0 Å². The minimum absolute atomic E-state index is 0.183. The minimum atomic E-state index is -1.86. The number of aliphatic imine (C=N–C) groups is 1. The molecule has 0 aliphatic carbocycles. The Kier molecular flexibility index (Phi) is 2.84. The first-order valence-corrected chi connectivity index (χ1v) is 4.60. The van der Waals surface area contributed by atoms with Gasteiger partial charge in [-0.1, -0.05) is 23.2 Å². The van der Waals surface area contributed by atoms with E-state index in [1.165, 1.54) is 6.21 Å². The third-order valence-electron chi connectivity index (χ3n) is 1.12. The number of alkyl halides is 1. The van der Waals surface area contributed by atoms with Gasteiger partial charge in [0.25, 0.3) is 0 Å². The van der Waals surface area contributed by atoms with E-state index in [1.807, 2.05) is 22.6 Å². The highest BCUT2D eigenvalue weighted by atomic mass is 127. The molecule has 2 N–H and O–H groups in total. The molecule has 1 aliphatic rings. The van der Waals surface area contributed by atoms with E-state index in [9.17, 15) is 4.79 Å². The Labute approximate surface area is 91.8 Å². The summed E-state index contributed by atoms with van der Waals surface area (Å²) in [6.07, 6.45) is 1.31. The lowest BCUT2D eigenvalue weighted by molar-refractivity contribution is -0.140. The van der Waals surface area contributed by atoms with Crippen molar-refractivity contribution < 1.29 is 9.90 Å². The maximum atomic E-state index is 10.5. The summed E-state index contributed by atoms with van der Waals surface area (Å²) in [5, 5.41) is 9.29. The lowest BCUT2D eigenvalue weighted by Gasteiger charge is -2.22. The molecule has 4 nitrogen and oxygen atoms in total. The molecule has 0 aromatic heterocycles. The second kappa shape index (κ2) is 3.39. The van der Waals surface area contributed by atoms with E-state index < -0.39 is 11.1 Å². The minimum Gasteiger partial charge on any atom is -0.477 e. The van der Waals surface area contributed by atoms with Crippen molar-refractivity contribution >= 4 is 58.0 Å². The molecule has 1 rings (SSSR count). The van der Waals surface area contributed by atoms with Gasteiger partial charge in [0.1, 0.15) is 5.16 Å². The van der Waals surface area contributed by atoms with Gasteiger partial charge in [-0.15, -0.1) is 0 Å². The van der Waals surface area contributed by atoms with E-state index in [0.717, 1.165) is 0 Å². The number of nitrogens with one attached hydrogen (secondary N) is 1. The zero-order chi connectivity index (χ0) is 9.35. The fraction of sp³-hybridized carbons (Fsp3) is 0.200. The second-order valence-electron chi connectivity index (χ2n) is 1.97.